The van der Waals surface area contributed by atoms with E-state index in [2.05, 4.69) is 16.4 Å². The molecule has 1 saturated heterocycles. The van der Waals surface area contributed by atoms with E-state index in [0.29, 0.717) is 24.5 Å². The Labute approximate surface area is 168 Å². The fourth-order valence-corrected chi connectivity index (χ4v) is 4.14. The molecular weight excluding hydrogens is 379 g/mol. The van der Waals surface area contributed by atoms with E-state index < -0.39 is 11.7 Å². The molecule has 154 valence electrons. The van der Waals surface area contributed by atoms with E-state index in [9.17, 15) is 18.0 Å². The number of aromatic nitrogens is 1. The highest BCUT2D eigenvalue weighted by atomic mass is 19.4. The van der Waals surface area contributed by atoms with Gasteiger partial charge in [0.05, 0.1) is 5.56 Å². The molecule has 1 aromatic carbocycles. The van der Waals surface area contributed by atoms with Gasteiger partial charge in [-0.15, -0.1) is 0 Å². The summed E-state index contributed by atoms with van der Waals surface area (Å²) in [6.45, 7) is 1.29. The molecule has 1 aliphatic carbocycles. The fourth-order valence-electron chi connectivity index (χ4n) is 4.14. The van der Waals surface area contributed by atoms with Crippen molar-refractivity contribution in [1.29, 1.82) is 0 Å². The lowest BCUT2D eigenvalue weighted by molar-refractivity contribution is -0.137. The van der Waals surface area contributed by atoms with Gasteiger partial charge in [-0.2, -0.15) is 13.2 Å². The van der Waals surface area contributed by atoms with Crippen LogP contribution < -0.4 is 10.2 Å². The molecule has 1 aromatic heterocycles. The first-order chi connectivity index (χ1) is 13.9. The van der Waals surface area contributed by atoms with Crippen molar-refractivity contribution in [3.63, 3.8) is 0 Å². The molecule has 4 rings (SSSR count). The SMILES string of the molecule is O=C(NC1CCN(c2ccc(C(F)(F)F)cn2)CC1)c1ccc2c(c1)CCCC2. The van der Waals surface area contributed by atoms with Gasteiger partial charge in [-0.05, 0) is 73.9 Å². The number of hydrogen-bond acceptors (Lipinski definition) is 3. The number of nitrogens with zero attached hydrogens (tertiary/aromatic N) is 2. The van der Waals surface area contributed by atoms with Crippen molar-refractivity contribution in [2.75, 3.05) is 18.0 Å². The van der Waals surface area contributed by atoms with E-state index in [-0.39, 0.29) is 11.9 Å². The number of carbonyl (C=O) groups excluding carboxylic acids is 1. The average molecular weight is 403 g/mol. The highest BCUT2D eigenvalue weighted by Gasteiger charge is 2.31. The van der Waals surface area contributed by atoms with E-state index in [1.54, 1.807) is 0 Å². The molecule has 0 bridgehead atoms. The van der Waals surface area contributed by atoms with Crippen LogP contribution in [0.4, 0.5) is 19.0 Å². The molecule has 0 saturated carbocycles. The minimum Gasteiger partial charge on any atom is -0.356 e. The summed E-state index contributed by atoms with van der Waals surface area (Å²) in [5, 5.41) is 3.11. The van der Waals surface area contributed by atoms with E-state index in [4.69, 9.17) is 0 Å². The average Bonchev–Trinajstić information content (AvgIpc) is 2.73. The summed E-state index contributed by atoms with van der Waals surface area (Å²) in [5.41, 5.74) is 2.60. The topological polar surface area (TPSA) is 45.2 Å². The largest absolute Gasteiger partial charge is 0.417 e. The predicted molar refractivity (Wildman–Crippen MR) is 105 cm³/mol. The van der Waals surface area contributed by atoms with Crippen LogP contribution in [-0.4, -0.2) is 30.0 Å². The molecule has 1 N–H and O–H groups in total. The summed E-state index contributed by atoms with van der Waals surface area (Å²) in [4.78, 5) is 18.6. The number of halogens is 3. The van der Waals surface area contributed by atoms with Gasteiger partial charge in [-0.25, -0.2) is 4.98 Å². The molecule has 1 amide bonds. The second kappa shape index (κ2) is 8.05. The highest BCUT2D eigenvalue weighted by molar-refractivity contribution is 5.94. The molecular formula is C22H24F3N3O. The zero-order valence-corrected chi connectivity index (χ0v) is 16.1. The lowest BCUT2D eigenvalue weighted by Gasteiger charge is -2.33. The van der Waals surface area contributed by atoms with Crippen LogP contribution >= 0.6 is 0 Å². The minimum atomic E-state index is -4.38. The van der Waals surface area contributed by atoms with Gasteiger partial charge >= 0.3 is 6.18 Å². The number of nitrogens with one attached hydrogen (secondary N) is 1. The maximum absolute atomic E-state index is 12.7. The molecule has 1 fully saturated rings. The lowest BCUT2D eigenvalue weighted by atomic mass is 9.90. The number of rotatable bonds is 3. The van der Waals surface area contributed by atoms with Crippen LogP contribution in [0.3, 0.4) is 0 Å². The molecule has 0 atom stereocenters. The maximum Gasteiger partial charge on any atom is 0.417 e. The number of piperidine rings is 1. The zero-order valence-electron chi connectivity index (χ0n) is 16.1. The Kier molecular flexibility index (Phi) is 5.48. The van der Waals surface area contributed by atoms with E-state index in [1.807, 2.05) is 17.0 Å². The predicted octanol–water partition coefficient (Wildman–Crippen LogP) is 4.38. The summed E-state index contributed by atoms with van der Waals surface area (Å²) in [6, 6.07) is 8.53. The summed E-state index contributed by atoms with van der Waals surface area (Å²) in [6.07, 6.45) is 2.49. The number of pyridine rings is 1. The van der Waals surface area contributed by atoms with Gasteiger partial charge in [-0.1, -0.05) is 6.07 Å². The van der Waals surface area contributed by atoms with Crippen molar-refractivity contribution in [2.24, 2.45) is 0 Å². The second-order valence-electron chi connectivity index (χ2n) is 7.83. The van der Waals surface area contributed by atoms with Gasteiger partial charge in [0.2, 0.25) is 0 Å². The second-order valence-corrected chi connectivity index (χ2v) is 7.83. The Bertz CT molecular complexity index is 872. The third-order valence-corrected chi connectivity index (χ3v) is 5.84. The van der Waals surface area contributed by atoms with E-state index >= 15 is 0 Å². The first kappa shape index (κ1) is 19.7. The molecule has 4 nitrogen and oxygen atoms in total. The first-order valence-corrected chi connectivity index (χ1v) is 10.1. The van der Waals surface area contributed by atoms with Crippen molar-refractivity contribution >= 4 is 11.7 Å². The zero-order chi connectivity index (χ0) is 20.4. The number of aryl methyl sites for hydroxylation is 2. The van der Waals surface area contributed by atoms with E-state index in [0.717, 1.165) is 37.9 Å². The monoisotopic (exact) mass is 403 g/mol. The van der Waals surface area contributed by atoms with Crippen LogP contribution in [0.2, 0.25) is 0 Å². The number of benzene rings is 1. The molecule has 7 heteroatoms. The molecule has 0 unspecified atom stereocenters. The number of alkyl halides is 3. The van der Waals surface area contributed by atoms with Crippen LogP contribution in [0.15, 0.2) is 36.5 Å². The van der Waals surface area contributed by atoms with Crippen LogP contribution in [0.25, 0.3) is 0 Å². The fraction of sp³-hybridized carbons (Fsp3) is 0.455. The summed E-state index contributed by atoms with van der Waals surface area (Å²) in [7, 11) is 0. The summed E-state index contributed by atoms with van der Waals surface area (Å²) >= 11 is 0. The number of hydrogen-bond donors (Lipinski definition) is 1. The van der Waals surface area contributed by atoms with Crippen molar-refractivity contribution in [3.05, 3.63) is 58.8 Å². The van der Waals surface area contributed by atoms with Crippen LogP contribution in [-0.2, 0) is 19.0 Å². The third kappa shape index (κ3) is 4.54. The molecule has 2 aliphatic rings. The molecule has 0 radical (unpaired) electrons. The Morgan fingerprint density at radius 1 is 1.03 bits per heavy atom. The lowest BCUT2D eigenvalue weighted by Crippen LogP contribution is -2.45. The quantitative estimate of drug-likeness (QED) is 0.827. The molecule has 29 heavy (non-hydrogen) atoms. The smallest absolute Gasteiger partial charge is 0.356 e. The summed E-state index contributed by atoms with van der Waals surface area (Å²) in [5.74, 6) is 0.488. The van der Waals surface area contributed by atoms with Gasteiger partial charge in [-0.3, -0.25) is 4.79 Å². The van der Waals surface area contributed by atoms with Crippen molar-refractivity contribution < 1.29 is 18.0 Å². The van der Waals surface area contributed by atoms with Gasteiger partial charge in [0.25, 0.3) is 5.91 Å². The Balaban J connectivity index is 1.32. The first-order valence-electron chi connectivity index (χ1n) is 10.1. The van der Waals surface area contributed by atoms with Gasteiger partial charge in [0, 0.05) is 30.9 Å². The van der Waals surface area contributed by atoms with Gasteiger partial charge in [0.1, 0.15) is 5.82 Å². The van der Waals surface area contributed by atoms with Crippen LogP contribution in [0.1, 0.15) is 52.7 Å². The van der Waals surface area contributed by atoms with Gasteiger partial charge < -0.3 is 10.2 Å². The normalized spacial score (nSPS) is 17.7. The number of anilines is 1. The Hall–Kier alpha value is -2.57. The number of amides is 1. The minimum absolute atomic E-state index is 0.0514. The van der Waals surface area contributed by atoms with Crippen LogP contribution in [0.5, 0.6) is 0 Å². The molecule has 1 aliphatic heterocycles. The number of fused-ring (bicyclic) bond motifs is 1. The van der Waals surface area contributed by atoms with Crippen LogP contribution in [0, 0.1) is 0 Å². The standard InChI is InChI=1S/C22H24F3N3O/c23-22(24,25)18-7-8-20(26-14-18)28-11-9-19(10-12-28)27-21(29)17-6-5-15-3-1-2-4-16(15)13-17/h5-8,13-14,19H,1-4,9-12H2,(H,27,29). The van der Waals surface area contributed by atoms with Crippen molar-refractivity contribution in [1.82, 2.24) is 10.3 Å². The summed E-state index contributed by atoms with van der Waals surface area (Å²) < 4.78 is 38.0. The molecule has 2 aromatic rings. The van der Waals surface area contributed by atoms with Crippen molar-refractivity contribution in [3.8, 4) is 0 Å². The van der Waals surface area contributed by atoms with Crippen molar-refractivity contribution in [2.45, 2.75) is 50.7 Å². The Morgan fingerprint density at radius 3 is 2.41 bits per heavy atom. The number of carbonyl (C=O) groups is 1. The molecule has 2 heterocycles. The maximum atomic E-state index is 12.7. The Morgan fingerprint density at radius 2 is 1.76 bits per heavy atom. The van der Waals surface area contributed by atoms with E-state index in [1.165, 1.54) is 30.0 Å². The third-order valence-electron chi connectivity index (χ3n) is 5.84. The molecule has 0 spiro atoms. The highest BCUT2D eigenvalue weighted by Crippen LogP contribution is 2.30. The van der Waals surface area contributed by atoms with Gasteiger partial charge in [0.15, 0.2) is 0 Å².